The van der Waals surface area contributed by atoms with Crippen LogP contribution in [-0.4, -0.2) is 36.3 Å². The van der Waals surface area contributed by atoms with Crippen LogP contribution in [0.3, 0.4) is 0 Å². The molecule has 7 heteroatoms. The molecule has 5 rings (SSSR count). The Labute approximate surface area is 162 Å². The highest BCUT2D eigenvalue weighted by Gasteiger charge is 2.31. The Hall–Kier alpha value is -3.32. The molecule has 0 unspecified atom stereocenters. The summed E-state index contributed by atoms with van der Waals surface area (Å²) in [4.78, 5) is 11.1. The lowest BCUT2D eigenvalue weighted by molar-refractivity contribution is 0.198. The van der Waals surface area contributed by atoms with Gasteiger partial charge in [-0.1, -0.05) is 23.4 Å². The van der Waals surface area contributed by atoms with Crippen LogP contribution in [-0.2, 0) is 6.54 Å². The summed E-state index contributed by atoms with van der Waals surface area (Å²) in [5, 5.41) is 8.67. The summed E-state index contributed by atoms with van der Waals surface area (Å²) >= 11 is 0. The molecule has 28 heavy (non-hydrogen) atoms. The fourth-order valence-corrected chi connectivity index (χ4v) is 3.74. The molecule has 0 saturated carbocycles. The summed E-state index contributed by atoms with van der Waals surface area (Å²) in [6.07, 6.45) is 7.44. The van der Waals surface area contributed by atoms with E-state index in [1.54, 1.807) is 12.4 Å². The third-order valence-corrected chi connectivity index (χ3v) is 5.12. The van der Waals surface area contributed by atoms with Crippen molar-refractivity contribution in [3.8, 4) is 17.1 Å². The summed E-state index contributed by atoms with van der Waals surface area (Å²) in [7, 11) is 0. The van der Waals surface area contributed by atoms with Gasteiger partial charge in [-0.25, -0.2) is 4.68 Å². The van der Waals surface area contributed by atoms with Crippen molar-refractivity contribution in [1.29, 1.82) is 0 Å². The van der Waals surface area contributed by atoms with Crippen LogP contribution in [0, 0.1) is 0 Å². The summed E-state index contributed by atoms with van der Waals surface area (Å²) in [5.41, 5.74) is 3.12. The van der Waals surface area contributed by atoms with Gasteiger partial charge >= 0.3 is 0 Å². The van der Waals surface area contributed by atoms with Gasteiger partial charge < -0.3 is 4.52 Å². The van der Waals surface area contributed by atoms with Gasteiger partial charge in [0.15, 0.2) is 0 Å². The molecule has 0 bridgehead atoms. The molecule has 0 radical (unpaired) electrons. The average Bonchev–Trinajstić information content (AvgIpc) is 3.50. The number of benzene rings is 1. The topological polar surface area (TPSA) is 72.9 Å². The molecule has 140 valence electrons. The monoisotopic (exact) mass is 372 g/mol. The van der Waals surface area contributed by atoms with Crippen molar-refractivity contribution in [1.82, 2.24) is 29.8 Å². The molecule has 4 heterocycles. The van der Waals surface area contributed by atoms with E-state index in [0.717, 1.165) is 42.9 Å². The smallest absolute Gasteiger partial charge is 0.244 e. The van der Waals surface area contributed by atoms with Crippen LogP contribution in [0.5, 0.6) is 0 Å². The minimum absolute atomic E-state index is 0.127. The molecule has 1 aliphatic heterocycles. The Morgan fingerprint density at radius 1 is 1.00 bits per heavy atom. The lowest BCUT2D eigenvalue weighted by Gasteiger charge is -2.21. The second kappa shape index (κ2) is 7.36. The van der Waals surface area contributed by atoms with E-state index in [1.807, 2.05) is 41.2 Å². The van der Waals surface area contributed by atoms with Crippen molar-refractivity contribution in [3.63, 3.8) is 0 Å². The zero-order valence-corrected chi connectivity index (χ0v) is 15.3. The second-order valence-electron chi connectivity index (χ2n) is 6.89. The van der Waals surface area contributed by atoms with Crippen LogP contribution >= 0.6 is 0 Å². The van der Waals surface area contributed by atoms with E-state index in [0.29, 0.717) is 11.7 Å². The van der Waals surface area contributed by atoms with Crippen LogP contribution in [0.4, 0.5) is 0 Å². The van der Waals surface area contributed by atoms with Gasteiger partial charge in [-0.15, -0.1) is 0 Å². The highest BCUT2D eigenvalue weighted by Crippen LogP contribution is 2.33. The second-order valence-corrected chi connectivity index (χ2v) is 6.89. The van der Waals surface area contributed by atoms with E-state index in [1.165, 1.54) is 0 Å². The van der Waals surface area contributed by atoms with Crippen LogP contribution < -0.4 is 0 Å². The van der Waals surface area contributed by atoms with Crippen LogP contribution in [0.2, 0.25) is 0 Å². The molecule has 1 fully saturated rings. The van der Waals surface area contributed by atoms with Crippen molar-refractivity contribution in [2.24, 2.45) is 0 Å². The maximum Gasteiger partial charge on any atom is 0.244 e. The maximum absolute atomic E-state index is 5.62. The predicted molar refractivity (Wildman–Crippen MR) is 103 cm³/mol. The number of nitrogens with zero attached hydrogens (tertiary/aromatic N) is 6. The van der Waals surface area contributed by atoms with E-state index in [9.17, 15) is 0 Å². The summed E-state index contributed by atoms with van der Waals surface area (Å²) < 4.78 is 7.61. The first kappa shape index (κ1) is 16.8. The Bertz CT molecular complexity index is 1040. The minimum atomic E-state index is 0.127. The number of rotatable bonds is 5. The van der Waals surface area contributed by atoms with Crippen LogP contribution in [0.1, 0.15) is 30.5 Å². The SMILES string of the molecule is c1ccc(-n2nccc2CN2CCC[C@@H]2c2nc(-c3ccncc3)no2)cc1. The molecule has 7 nitrogen and oxygen atoms in total. The van der Waals surface area contributed by atoms with E-state index >= 15 is 0 Å². The van der Waals surface area contributed by atoms with Crippen molar-refractivity contribution in [3.05, 3.63) is 78.7 Å². The number of para-hydroxylation sites is 1. The zero-order valence-electron chi connectivity index (χ0n) is 15.3. The van der Waals surface area contributed by atoms with Gasteiger partial charge in [-0.2, -0.15) is 10.1 Å². The number of likely N-dealkylation sites (tertiary alicyclic amines) is 1. The summed E-state index contributed by atoms with van der Waals surface area (Å²) in [6, 6.07) is 16.2. The third kappa shape index (κ3) is 3.20. The quantitative estimate of drug-likeness (QED) is 0.532. The number of pyridine rings is 1. The first-order valence-corrected chi connectivity index (χ1v) is 9.45. The van der Waals surface area contributed by atoms with Crippen LogP contribution in [0.15, 0.2) is 71.6 Å². The number of hydrogen-bond acceptors (Lipinski definition) is 6. The van der Waals surface area contributed by atoms with Gasteiger partial charge in [0.05, 0.1) is 17.4 Å². The van der Waals surface area contributed by atoms with Gasteiger partial charge in [0.1, 0.15) is 0 Å². The van der Waals surface area contributed by atoms with Crippen LogP contribution in [0.25, 0.3) is 17.1 Å². The van der Waals surface area contributed by atoms with Gasteiger partial charge in [-0.05, 0) is 49.7 Å². The molecule has 1 aromatic carbocycles. The van der Waals surface area contributed by atoms with E-state index in [2.05, 4.69) is 43.3 Å². The van der Waals surface area contributed by atoms with Crippen molar-refractivity contribution >= 4 is 0 Å². The fraction of sp³-hybridized carbons (Fsp3) is 0.238. The van der Waals surface area contributed by atoms with Crippen molar-refractivity contribution < 1.29 is 4.52 Å². The maximum atomic E-state index is 5.62. The standard InChI is InChI=1S/C21H20N6O/c1-2-5-17(6-3-1)27-18(10-13-23-27)15-26-14-4-7-19(26)21-24-20(25-28-21)16-8-11-22-12-9-16/h1-3,5-6,8-13,19H,4,7,14-15H2/t19-/m1/s1. The molecule has 1 saturated heterocycles. The Kier molecular flexibility index (Phi) is 4.42. The average molecular weight is 372 g/mol. The highest BCUT2D eigenvalue weighted by molar-refractivity contribution is 5.52. The number of aromatic nitrogens is 5. The first-order valence-electron chi connectivity index (χ1n) is 9.45. The lowest BCUT2D eigenvalue weighted by Crippen LogP contribution is -2.24. The predicted octanol–water partition coefficient (Wildman–Crippen LogP) is 3.65. The molecule has 0 aliphatic carbocycles. The molecule has 0 spiro atoms. The lowest BCUT2D eigenvalue weighted by atomic mass is 10.2. The molecule has 4 aromatic rings. The highest BCUT2D eigenvalue weighted by atomic mass is 16.5. The summed E-state index contributed by atoms with van der Waals surface area (Å²) in [5.74, 6) is 1.29. The zero-order chi connectivity index (χ0) is 18.8. The van der Waals surface area contributed by atoms with Gasteiger partial charge in [0.25, 0.3) is 0 Å². The first-order chi connectivity index (χ1) is 13.9. The molecule has 1 atom stereocenters. The van der Waals surface area contributed by atoms with Gasteiger partial charge in [0.2, 0.25) is 11.7 Å². The van der Waals surface area contributed by atoms with E-state index < -0.39 is 0 Å². The normalized spacial score (nSPS) is 17.2. The third-order valence-electron chi connectivity index (χ3n) is 5.12. The molecule has 0 N–H and O–H groups in total. The van der Waals surface area contributed by atoms with E-state index in [4.69, 9.17) is 4.52 Å². The number of hydrogen-bond donors (Lipinski definition) is 0. The van der Waals surface area contributed by atoms with Crippen molar-refractivity contribution in [2.75, 3.05) is 6.54 Å². The molecule has 0 amide bonds. The van der Waals surface area contributed by atoms with E-state index in [-0.39, 0.29) is 6.04 Å². The minimum Gasteiger partial charge on any atom is -0.337 e. The molecular weight excluding hydrogens is 352 g/mol. The molecule has 1 aliphatic rings. The van der Waals surface area contributed by atoms with Crippen molar-refractivity contribution in [2.45, 2.75) is 25.4 Å². The Morgan fingerprint density at radius 2 is 1.86 bits per heavy atom. The van der Waals surface area contributed by atoms with Gasteiger partial charge in [0, 0.05) is 30.7 Å². The van der Waals surface area contributed by atoms with Gasteiger partial charge in [-0.3, -0.25) is 9.88 Å². The Morgan fingerprint density at radius 3 is 2.71 bits per heavy atom. The molecular formula is C21H20N6O. The fourth-order valence-electron chi connectivity index (χ4n) is 3.74. The largest absolute Gasteiger partial charge is 0.337 e. The molecule has 3 aromatic heterocycles. The summed E-state index contributed by atoms with van der Waals surface area (Å²) in [6.45, 7) is 1.78. The Balaban J connectivity index is 1.38.